The van der Waals surface area contributed by atoms with Crippen LogP contribution in [-0.4, -0.2) is 11.6 Å². The van der Waals surface area contributed by atoms with Crippen molar-refractivity contribution in [3.63, 3.8) is 0 Å². The quantitative estimate of drug-likeness (QED) is 0.685. The second-order valence-electron chi connectivity index (χ2n) is 3.87. The van der Waals surface area contributed by atoms with Crippen LogP contribution in [0.2, 0.25) is 0 Å². The molecule has 0 spiro atoms. The Morgan fingerprint density at radius 1 is 1.38 bits per heavy atom. The number of benzene rings is 1. The lowest BCUT2D eigenvalue weighted by Crippen LogP contribution is -2.05. The Morgan fingerprint density at radius 2 is 2.12 bits per heavy atom. The average molecular weight is 216 g/mol. The van der Waals surface area contributed by atoms with Crippen molar-refractivity contribution in [2.45, 2.75) is 26.2 Å². The lowest BCUT2D eigenvalue weighted by Gasteiger charge is -2.01. The molecule has 16 heavy (non-hydrogen) atoms. The van der Waals surface area contributed by atoms with Crippen LogP contribution in [0.1, 0.15) is 30.9 Å². The Kier molecular flexibility index (Phi) is 4.65. The summed E-state index contributed by atoms with van der Waals surface area (Å²) in [6, 6.07) is 7.90. The summed E-state index contributed by atoms with van der Waals surface area (Å²) >= 11 is 0. The van der Waals surface area contributed by atoms with Crippen LogP contribution < -0.4 is 0 Å². The van der Waals surface area contributed by atoms with Gasteiger partial charge in [0.2, 0.25) is 0 Å². The Hall–Kier alpha value is -1.70. The first-order valence-corrected chi connectivity index (χ1v) is 5.34. The highest BCUT2D eigenvalue weighted by atomic mass is 16.1. The highest BCUT2D eigenvalue weighted by Crippen LogP contribution is 2.09. The summed E-state index contributed by atoms with van der Waals surface area (Å²) in [5.41, 5.74) is 2.16. The Labute approximate surface area is 96.0 Å². The van der Waals surface area contributed by atoms with Crippen LogP contribution in [0, 0.1) is 0 Å². The fraction of sp³-hybridized carbons (Fsp3) is 0.286. The van der Waals surface area contributed by atoms with E-state index in [0.717, 1.165) is 11.1 Å². The molecule has 2 heteroatoms. The maximum atomic E-state index is 11.3. The second-order valence-corrected chi connectivity index (χ2v) is 3.87. The minimum atomic E-state index is -0.0650. The third-order valence-corrected chi connectivity index (χ3v) is 2.33. The van der Waals surface area contributed by atoms with E-state index in [2.05, 4.69) is 6.58 Å². The minimum absolute atomic E-state index is 0.0107. The second kappa shape index (κ2) is 6.01. The SMILES string of the molecule is C=Cc1cccc(CCC(=O)CC(C)=O)c1. The molecule has 0 aliphatic heterocycles. The van der Waals surface area contributed by atoms with E-state index in [4.69, 9.17) is 0 Å². The number of carbonyl (C=O) groups is 2. The number of carbonyl (C=O) groups excluding carboxylic acids is 2. The van der Waals surface area contributed by atoms with Crippen LogP contribution in [0.25, 0.3) is 6.08 Å². The van der Waals surface area contributed by atoms with Crippen molar-refractivity contribution in [1.29, 1.82) is 0 Å². The third kappa shape index (κ3) is 4.22. The first-order chi connectivity index (χ1) is 7.61. The molecule has 1 aromatic carbocycles. The molecule has 0 bridgehead atoms. The van der Waals surface area contributed by atoms with E-state index in [1.165, 1.54) is 6.92 Å². The van der Waals surface area contributed by atoms with E-state index < -0.39 is 0 Å². The number of hydrogen-bond acceptors (Lipinski definition) is 2. The first kappa shape index (κ1) is 12.4. The summed E-state index contributed by atoms with van der Waals surface area (Å²) in [7, 11) is 0. The Balaban J connectivity index is 2.51. The van der Waals surface area contributed by atoms with E-state index >= 15 is 0 Å². The number of ketones is 2. The van der Waals surface area contributed by atoms with Crippen molar-refractivity contribution in [2.24, 2.45) is 0 Å². The fourth-order valence-electron chi connectivity index (χ4n) is 1.53. The summed E-state index contributed by atoms with van der Waals surface area (Å²) < 4.78 is 0. The maximum absolute atomic E-state index is 11.3. The molecule has 0 aliphatic carbocycles. The van der Waals surface area contributed by atoms with Gasteiger partial charge in [0.1, 0.15) is 11.6 Å². The zero-order chi connectivity index (χ0) is 12.0. The van der Waals surface area contributed by atoms with E-state index in [1.807, 2.05) is 24.3 Å². The summed E-state index contributed by atoms with van der Waals surface area (Å²) in [6.07, 6.45) is 2.95. The number of rotatable bonds is 6. The van der Waals surface area contributed by atoms with Crippen LogP contribution in [0.15, 0.2) is 30.8 Å². The molecule has 84 valence electrons. The molecule has 0 atom stereocenters. The summed E-state index contributed by atoms with van der Waals surface area (Å²) in [5.74, 6) is -0.0543. The first-order valence-electron chi connectivity index (χ1n) is 5.34. The van der Waals surface area contributed by atoms with Crippen molar-refractivity contribution < 1.29 is 9.59 Å². The molecule has 0 radical (unpaired) electrons. The molecule has 0 unspecified atom stereocenters. The average Bonchev–Trinajstić information content (AvgIpc) is 2.26. The third-order valence-electron chi connectivity index (χ3n) is 2.33. The Bertz CT molecular complexity index is 405. The van der Waals surface area contributed by atoms with E-state index in [1.54, 1.807) is 6.08 Å². The number of hydrogen-bond donors (Lipinski definition) is 0. The van der Waals surface area contributed by atoms with Gasteiger partial charge in [0.25, 0.3) is 0 Å². The molecular weight excluding hydrogens is 200 g/mol. The normalized spacial score (nSPS) is 9.81. The largest absolute Gasteiger partial charge is 0.300 e. The molecule has 1 rings (SSSR count). The van der Waals surface area contributed by atoms with Gasteiger partial charge in [-0.3, -0.25) is 9.59 Å². The summed E-state index contributed by atoms with van der Waals surface area (Å²) in [4.78, 5) is 22.1. The molecule has 0 saturated heterocycles. The smallest absolute Gasteiger partial charge is 0.140 e. The van der Waals surface area contributed by atoms with Crippen LogP contribution in [0.5, 0.6) is 0 Å². The molecular formula is C14H16O2. The molecule has 0 aliphatic rings. The molecule has 0 fully saturated rings. The van der Waals surface area contributed by atoms with Crippen molar-refractivity contribution in [3.05, 3.63) is 42.0 Å². The predicted octanol–water partition coefficient (Wildman–Crippen LogP) is 2.81. The molecule has 0 saturated carbocycles. The van der Waals surface area contributed by atoms with Gasteiger partial charge in [0.05, 0.1) is 6.42 Å². The topological polar surface area (TPSA) is 34.1 Å². The van der Waals surface area contributed by atoms with Crippen LogP contribution in [0.4, 0.5) is 0 Å². The number of Topliss-reactive ketones (excluding diaryl/α,β-unsaturated/α-hetero) is 2. The van der Waals surface area contributed by atoms with Gasteiger partial charge in [-0.15, -0.1) is 0 Å². The van der Waals surface area contributed by atoms with Gasteiger partial charge < -0.3 is 0 Å². The van der Waals surface area contributed by atoms with E-state index in [0.29, 0.717) is 12.8 Å². The molecule has 0 heterocycles. The van der Waals surface area contributed by atoms with Crippen molar-refractivity contribution in [2.75, 3.05) is 0 Å². The zero-order valence-corrected chi connectivity index (χ0v) is 9.53. The van der Waals surface area contributed by atoms with Crippen LogP contribution in [0.3, 0.4) is 0 Å². The molecule has 2 nitrogen and oxygen atoms in total. The van der Waals surface area contributed by atoms with Gasteiger partial charge >= 0.3 is 0 Å². The Morgan fingerprint density at radius 3 is 2.75 bits per heavy atom. The monoisotopic (exact) mass is 216 g/mol. The lowest BCUT2D eigenvalue weighted by atomic mass is 10.0. The summed E-state index contributed by atoms with van der Waals surface area (Å²) in [6.45, 7) is 5.14. The van der Waals surface area contributed by atoms with Gasteiger partial charge in [-0.1, -0.05) is 36.9 Å². The van der Waals surface area contributed by atoms with Gasteiger partial charge in [-0.2, -0.15) is 0 Å². The van der Waals surface area contributed by atoms with Gasteiger partial charge in [0.15, 0.2) is 0 Å². The standard InChI is InChI=1S/C14H16O2/c1-3-12-5-4-6-13(10-12)7-8-14(16)9-11(2)15/h3-6,10H,1,7-9H2,2H3. The number of aryl methyl sites for hydroxylation is 1. The highest BCUT2D eigenvalue weighted by molar-refractivity contribution is 5.97. The van der Waals surface area contributed by atoms with E-state index in [9.17, 15) is 9.59 Å². The fourth-order valence-corrected chi connectivity index (χ4v) is 1.53. The molecule has 1 aromatic rings. The van der Waals surface area contributed by atoms with Gasteiger partial charge in [-0.25, -0.2) is 0 Å². The minimum Gasteiger partial charge on any atom is -0.300 e. The van der Waals surface area contributed by atoms with Crippen molar-refractivity contribution >= 4 is 17.6 Å². The van der Waals surface area contributed by atoms with Crippen molar-refractivity contribution in [1.82, 2.24) is 0 Å². The van der Waals surface area contributed by atoms with E-state index in [-0.39, 0.29) is 18.0 Å². The van der Waals surface area contributed by atoms with Crippen LogP contribution in [-0.2, 0) is 16.0 Å². The zero-order valence-electron chi connectivity index (χ0n) is 9.53. The van der Waals surface area contributed by atoms with Gasteiger partial charge in [0, 0.05) is 6.42 Å². The molecule has 0 aromatic heterocycles. The molecule has 0 N–H and O–H groups in total. The molecule has 0 amide bonds. The maximum Gasteiger partial charge on any atom is 0.140 e. The summed E-state index contributed by atoms with van der Waals surface area (Å²) in [5, 5.41) is 0. The highest BCUT2D eigenvalue weighted by Gasteiger charge is 2.05. The van der Waals surface area contributed by atoms with Gasteiger partial charge in [-0.05, 0) is 24.5 Å². The predicted molar refractivity (Wildman–Crippen MR) is 65.2 cm³/mol. The lowest BCUT2D eigenvalue weighted by molar-refractivity contribution is -0.125. The van der Waals surface area contributed by atoms with Crippen molar-refractivity contribution in [3.8, 4) is 0 Å². The van der Waals surface area contributed by atoms with Crippen LogP contribution >= 0.6 is 0 Å².